The van der Waals surface area contributed by atoms with Crippen LogP contribution in [0.25, 0.3) is 0 Å². The first-order chi connectivity index (χ1) is 18.9. The van der Waals surface area contributed by atoms with Gasteiger partial charge in [-0.25, -0.2) is 9.97 Å². The van der Waals surface area contributed by atoms with Crippen LogP contribution in [0.2, 0.25) is 0 Å². The number of nitrogens with zero attached hydrogens (tertiary/aromatic N) is 2. The van der Waals surface area contributed by atoms with Gasteiger partial charge in [0.1, 0.15) is 18.3 Å². The second kappa shape index (κ2) is 14.0. The van der Waals surface area contributed by atoms with Crippen LogP contribution < -0.4 is 0 Å². The van der Waals surface area contributed by atoms with Crippen LogP contribution in [-0.2, 0) is 40.2 Å². The predicted molar refractivity (Wildman–Crippen MR) is 138 cm³/mol. The normalized spacial score (nSPS) is 14.1. The molecular weight excluding hydrogens is 509 g/mol. The van der Waals surface area contributed by atoms with Crippen LogP contribution in [0.1, 0.15) is 34.2 Å². The van der Waals surface area contributed by atoms with Crippen molar-refractivity contribution in [3.8, 4) is 0 Å². The van der Waals surface area contributed by atoms with Gasteiger partial charge in [0.15, 0.2) is 0 Å². The van der Waals surface area contributed by atoms with Crippen LogP contribution >= 0.6 is 0 Å². The molecular formula is C30H29F3N2O4. The maximum absolute atomic E-state index is 13.1. The molecule has 0 fully saturated rings. The van der Waals surface area contributed by atoms with Crippen molar-refractivity contribution in [1.29, 1.82) is 0 Å². The van der Waals surface area contributed by atoms with Crippen LogP contribution in [0.3, 0.4) is 0 Å². The lowest BCUT2D eigenvalue weighted by atomic mass is 10.0. The minimum atomic E-state index is -4.69. The lowest BCUT2D eigenvalue weighted by Crippen LogP contribution is -2.39. The van der Waals surface area contributed by atoms with Gasteiger partial charge in [0.25, 0.3) is 0 Å². The molecule has 0 amide bonds. The second-order valence-corrected chi connectivity index (χ2v) is 8.88. The van der Waals surface area contributed by atoms with E-state index in [1.165, 1.54) is 0 Å². The van der Waals surface area contributed by atoms with Crippen molar-refractivity contribution in [3.05, 3.63) is 131 Å². The molecule has 0 bridgehead atoms. The molecule has 3 atom stereocenters. The highest BCUT2D eigenvalue weighted by atomic mass is 19.4. The Morgan fingerprint density at radius 1 is 0.667 bits per heavy atom. The summed E-state index contributed by atoms with van der Waals surface area (Å²) in [5, 5.41) is 11.2. The number of hydrogen-bond donors (Lipinski definition) is 1. The topological polar surface area (TPSA) is 73.7 Å². The number of aliphatic hydroxyl groups excluding tert-OH is 1. The molecule has 0 aliphatic heterocycles. The first-order valence-corrected chi connectivity index (χ1v) is 12.4. The van der Waals surface area contributed by atoms with Gasteiger partial charge in [-0.2, -0.15) is 13.2 Å². The number of halogens is 3. The lowest BCUT2D eigenvalue weighted by Gasteiger charge is -2.31. The average Bonchev–Trinajstić information content (AvgIpc) is 2.96. The smallest absolute Gasteiger partial charge is 0.388 e. The highest BCUT2D eigenvalue weighted by molar-refractivity contribution is 5.17. The van der Waals surface area contributed by atoms with E-state index in [1.54, 1.807) is 0 Å². The Morgan fingerprint density at radius 2 is 1.13 bits per heavy atom. The third-order valence-corrected chi connectivity index (χ3v) is 5.89. The third-order valence-electron chi connectivity index (χ3n) is 5.89. The molecule has 4 rings (SSSR count). The van der Waals surface area contributed by atoms with E-state index >= 15 is 0 Å². The molecule has 204 valence electrons. The van der Waals surface area contributed by atoms with Gasteiger partial charge in [-0.15, -0.1) is 0 Å². The zero-order chi connectivity index (χ0) is 27.5. The number of benzene rings is 3. The van der Waals surface area contributed by atoms with Crippen LogP contribution in [-0.4, -0.2) is 33.9 Å². The Balaban J connectivity index is 1.58. The van der Waals surface area contributed by atoms with Crippen molar-refractivity contribution < 1.29 is 32.5 Å². The minimum absolute atomic E-state index is 0.0962. The molecule has 0 saturated carbocycles. The molecule has 0 unspecified atom stereocenters. The van der Waals surface area contributed by atoms with Gasteiger partial charge < -0.3 is 19.3 Å². The number of ether oxygens (including phenoxy) is 3. The Morgan fingerprint density at radius 3 is 1.62 bits per heavy atom. The van der Waals surface area contributed by atoms with Gasteiger partial charge in [-0.3, -0.25) is 0 Å². The molecule has 6 nitrogen and oxygen atoms in total. The van der Waals surface area contributed by atoms with Crippen molar-refractivity contribution in [2.75, 3.05) is 6.61 Å². The third kappa shape index (κ3) is 8.69. The lowest BCUT2D eigenvalue weighted by molar-refractivity contribution is -0.151. The molecule has 0 aliphatic rings. The predicted octanol–water partition coefficient (Wildman–Crippen LogP) is 5.92. The van der Waals surface area contributed by atoms with Crippen molar-refractivity contribution in [3.63, 3.8) is 0 Å². The van der Waals surface area contributed by atoms with Crippen LogP contribution in [0.15, 0.2) is 103 Å². The summed E-state index contributed by atoms with van der Waals surface area (Å²) >= 11 is 0. The van der Waals surface area contributed by atoms with E-state index in [4.69, 9.17) is 14.2 Å². The molecule has 0 spiro atoms. The van der Waals surface area contributed by atoms with E-state index in [0.29, 0.717) is 0 Å². The molecule has 0 radical (unpaired) electrons. The fourth-order valence-electron chi connectivity index (χ4n) is 3.91. The molecule has 39 heavy (non-hydrogen) atoms. The van der Waals surface area contributed by atoms with Crippen molar-refractivity contribution in [2.24, 2.45) is 0 Å². The van der Waals surface area contributed by atoms with Gasteiger partial charge in [0.05, 0.1) is 26.4 Å². The van der Waals surface area contributed by atoms with Gasteiger partial charge in [0, 0.05) is 18.0 Å². The van der Waals surface area contributed by atoms with E-state index in [2.05, 4.69) is 9.97 Å². The van der Waals surface area contributed by atoms with Gasteiger partial charge in [-0.05, 0) is 16.7 Å². The van der Waals surface area contributed by atoms with Crippen LogP contribution in [0.5, 0.6) is 0 Å². The Hall–Kier alpha value is -3.63. The van der Waals surface area contributed by atoms with Gasteiger partial charge in [-0.1, -0.05) is 91.0 Å². The summed E-state index contributed by atoms with van der Waals surface area (Å²) in [4.78, 5) is 7.01. The van der Waals surface area contributed by atoms with Crippen molar-refractivity contribution >= 4 is 0 Å². The van der Waals surface area contributed by atoms with E-state index in [-0.39, 0.29) is 32.0 Å². The summed E-state index contributed by atoms with van der Waals surface area (Å²) in [6, 6.07) is 28.1. The highest BCUT2D eigenvalue weighted by Crippen LogP contribution is 2.30. The van der Waals surface area contributed by atoms with Crippen molar-refractivity contribution in [2.45, 2.75) is 44.3 Å². The molecule has 1 aromatic heterocycles. The van der Waals surface area contributed by atoms with E-state index in [1.807, 2.05) is 91.0 Å². The van der Waals surface area contributed by atoms with E-state index < -0.39 is 30.3 Å². The van der Waals surface area contributed by atoms with Gasteiger partial charge >= 0.3 is 6.18 Å². The maximum atomic E-state index is 13.1. The van der Waals surface area contributed by atoms with Crippen LogP contribution in [0, 0.1) is 0 Å². The summed E-state index contributed by atoms with van der Waals surface area (Å²) in [6.45, 7) is 0.423. The second-order valence-electron chi connectivity index (χ2n) is 8.88. The molecule has 0 saturated heterocycles. The Labute approximate surface area is 225 Å². The number of aromatic nitrogens is 2. The molecule has 3 aromatic carbocycles. The highest BCUT2D eigenvalue weighted by Gasteiger charge is 2.36. The summed E-state index contributed by atoms with van der Waals surface area (Å²) in [5.74, 6) is -1.26. The fraction of sp³-hybridized carbons (Fsp3) is 0.267. The Kier molecular flexibility index (Phi) is 10.2. The maximum Gasteiger partial charge on any atom is 0.451 e. The SMILES string of the molecule is O[C@H](COCc1ccccc1)[C@@H](OCc1ccccc1)[C@H](OCc1ccccc1)c1cnc(C(F)(F)F)nc1. The fourth-order valence-corrected chi connectivity index (χ4v) is 3.91. The van der Waals surface area contributed by atoms with E-state index in [9.17, 15) is 18.3 Å². The summed E-state index contributed by atoms with van der Waals surface area (Å²) in [5.41, 5.74) is 2.86. The summed E-state index contributed by atoms with van der Waals surface area (Å²) in [6.07, 6.45) is -5.76. The first-order valence-electron chi connectivity index (χ1n) is 12.4. The van der Waals surface area contributed by atoms with Crippen LogP contribution in [0.4, 0.5) is 13.2 Å². The zero-order valence-corrected chi connectivity index (χ0v) is 21.1. The molecule has 1 heterocycles. The number of alkyl halides is 3. The number of aliphatic hydroxyl groups is 1. The minimum Gasteiger partial charge on any atom is -0.388 e. The van der Waals surface area contributed by atoms with E-state index in [0.717, 1.165) is 29.1 Å². The zero-order valence-electron chi connectivity index (χ0n) is 21.1. The molecule has 1 N–H and O–H groups in total. The summed E-state index contributed by atoms with van der Waals surface area (Å²) in [7, 11) is 0. The van der Waals surface area contributed by atoms with Crippen molar-refractivity contribution in [1.82, 2.24) is 9.97 Å². The quantitative estimate of drug-likeness (QED) is 0.228. The monoisotopic (exact) mass is 538 g/mol. The summed E-state index contributed by atoms with van der Waals surface area (Å²) < 4.78 is 57.5. The number of hydrogen-bond acceptors (Lipinski definition) is 6. The molecule has 4 aromatic rings. The molecule has 0 aliphatic carbocycles. The first kappa shape index (κ1) is 28.4. The standard InChI is InChI=1S/C30H29F3N2O4/c31-30(32,33)29-34-16-25(17-35-29)27(38-19-23-12-6-2-7-13-23)28(39-20-24-14-8-3-9-15-24)26(36)21-37-18-22-10-4-1-5-11-22/h1-17,26-28,36H,18-21H2/t26-,27-,28-/m1/s1. The van der Waals surface area contributed by atoms with Gasteiger partial charge in [0.2, 0.25) is 5.82 Å². The average molecular weight is 539 g/mol. The Bertz CT molecular complexity index is 1240. The largest absolute Gasteiger partial charge is 0.451 e. The molecule has 9 heteroatoms. The number of rotatable bonds is 13.